The van der Waals surface area contributed by atoms with Gasteiger partial charge in [-0.1, -0.05) is 79.5 Å². The van der Waals surface area contributed by atoms with Gasteiger partial charge in [-0.05, 0) is 97.4 Å². The highest BCUT2D eigenvalue weighted by Gasteiger charge is 2.58. The zero-order chi connectivity index (χ0) is 27.9. The standard InChI is InChI=1S/C33H55NO3/c1-11-13-29(4,5)15-17-31(8,22-35)18-16-30(6,7)33(10)14-12-26-24(3)28-25(21-34-37-28)20-32(26,9)27(33)19-23(2)36/h19,21,24,26,35H,11-18,20,22H2,1-10H3/b27-19-/t24-,26-,31-,32-,33+/m0/s1. The summed E-state index contributed by atoms with van der Waals surface area (Å²) in [5.74, 6) is 1.91. The number of hydrogen-bond acceptors (Lipinski definition) is 4. The molecule has 3 rings (SSSR count). The first kappa shape index (κ1) is 30.1. The molecule has 1 aromatic rings. The Labute approximate surface area is 227 Å². The van der Waals surface area contributed by atoms with Crippen molar-refractivity contribution in [3.05, 3.63) is 29.2 Å². The van der Waals surface area contributed by atoms with Gasteiger partial charge in [0.15, 0.2) is 5.78 Å². The normalized spacial score (nSPS) is 31.1. The molecule has 210 valence electrons. The fourth-order valence-electron chi connectivity index (χ4n) is 7.96. The van der Waals surface area contributed by atoms with E-state index in [-0.39, 0.29) is 34.1 Å². The molecule has 1 fully saturated rings. The lowest BCUT2D eigenvalue weighted by atomic mass is 9.43. The quantitative estimate of drug-likeness (QED) is 0.301. The molecule has 2 aliphatic carbocycles. The molecule has 4 heteroatoms. The molecule has 2 aliphatic rings. The number of fused-ring (bicyclic) bond motifs is 2. The van der Waals surface area contributed by atoms with Gasteiger partial charge >= 0.3 is 0 Å². The summed E-state index contributed by atoms with van der Waals surface area (Å²) in [6.45, 7) is 23.1. The number of carbonyl (C=O) groups excluding carboxylic acids is 1. The molecule has 0 aliphatic heterocycles. The van der Waals surface area contributed by atoms with E-state index in [0.29, 0.717) is 17.3 Å². The maximum absolute atomic E-state index is 12.7. The predicted octanol–water partition coefficient (Wildman–Crippen LogP) is 8.68. The summed E-state index contributed by atoms with van der Waals surface area (Å²) >= 11 is 0. The smallest absolute Gasteiger partial charge is 0.152 e. The van der Waals surface area contributed by atoms with Crippen molar-refractivity contribution < 1.29 is 14.4 Å². The Morgan fingerprint density at radius 1 is 1.14 bits per heavy atom. The largest absolute Gasteiger partial charge is 0.396 e. The monoisotopic (exact) mass is 513 g/mol. The fraction of sp³-hybridized carbons (Fsp3) is 0.818. The van der Waals surface area contributed by atoms with Crippen molar-refractivity contribution >= 4 is 5.78 Å². The topological polar surface area (TPSA) is 63.3 Å². The number of aliphatic hydroxyl groups excluding tert-OH is 1. The lowest BCUT2D eigenvalue weighted by Gasteiger charge is -2.60. The van der Waals surface area contributed by atoms with Crippen LogP contribution in [0.1, 0.15) is 138 Å². The number of ketones is 1. The molecule has 37 heavy (non-hydrogen) atoms. The molecule has 1 saturated carbocycles. The van der Waals surface area contributed by atoms with Crippen LogP contribution < -0.4 is 0 Å². The van der Waals surface area contributed by atoms with E-state index in [1.807, 2.05) is 12.3 Å². The molecule has 0 saturated heterocycles. The first-order valence-electron chi connectivity index (χ1n) is 14.8. The second-order valence-electron chi connectivity index (χ2n) is 15.0. The van der Waals surface area contributed by atoms with Gasteiger partial charge in [-0.2, -0.15) is 0 Å². The van der Waals surface area contributed by atoms with Gasteiger partial charge in [-0.25, -0.2) is 0 Å². The van der Waals surface area contributed by atoms with Crippen molar-refractivity contribution in [1.29, 1.82) is 0 Å². The van der Waals surface area contributed by atoms with Gasteiger partial charge in [0, 0.05) is 18.1 Å². The van der Waals surface area contributed by atoms with E-state index in [4.69, 9.17) is 4.52 Å². The molecule has 5 atom stereocenters. The van der Waals surface area contributed by atoms with Crippen LogP contribution in [0.2, 0.25) is 0 Å². The maximum atomic E-state index is 12.7. The summed E-state index contributed by atoms with van der Waals surface area (Å²) in [6.07, 6.45) is 13.6. The summed E-state index contributed by atoms with van der Waals surface area (Å²) in [4.78, 5) is 12.7. The van der Waals surface area contributed by atoms with Gasteiger partial charge < -0.3 is 9.63 Å². The Hall–Kier alpha value is -1.42. The maximum Gasteiger partial charge on any atom is 0.152 e. The first-order chi connectivity index (χ1) is 17.0. The fourth-order valence-corrected chi connectivity index (χ4v) is 7.96. The number of aliphatic hydroxyl groups is 1. The molecule has 0 aromatic carbocycles. The zero-order valence-electron chi connectivity index (χ0n) is 25.6. The lowest BCUT2D eigenvalue weighted by Crippen LogP contribution is -2.52. The molecule has 1 heterocycles. The van der Waals surface area contributed by atoms with Crippen LogP contribution in [0.5, 0.6) is 0 Å². The highest BCUT2D eigenvalue weighted by atomic mass is 16.5. The molecule has 0 amide bonds. The van der Waals surface area contributed by atoms with Gasteiger partial charge in [0.1, 0.15) is 5.76 Å². The van der Waals surface area contributed by atoms with Crippen LogP contribution in [0.25, 0.3) is 0 Å². The van der Waals surface area contributed by atoms with Crippen molar-refractivity contribution in [2.45, 2.75) is 133 Å². The molecule has 0 unspecified atom stereocenters. The Balaban J connectivity index is 1.90. The highest BCUT2D eigenvalue weighted by Crippen LogP contribution is 2.66. The molecule has 4 nitrogen and oxygen atoms in total. The van der Waals surface area contributed by atoms with E-state index in [1.165, 1.54) is 24.0 Å². The minimum atomic E-state index is -0.101. The average Bonchev–Trinajstić information content (AvgIpc) is 3.27. The Morgan fingerprint density at radius 3 is 2.38 bits per heavy atom. The number of hydrogen-bond donors (Lipinski definition) is 1. The first-order valence-corrected chi connectivity index (χ1v) is 14.8. The van der Waals surface area contributed by atoms with E-state index in [1.54, 1.807) is 6.92 Å². The van der Waals surface area contributed by atoms with Gasteiger partial charge in [-0.15, -0.1) is 0 Å². The molecule has 0 spiro atoms. The average molecular weight is 514 g/mol. The van der Waals surface area contributed by atoms with Crippen LogP contribution in [0.3, 0.4) is 0 Å². The van der Waals surface area contributed by atoms with Gasteiger partial charge in [0.05, 0.1) is 6.20 Å². The number of nitrogens with zero attached hydrogens (tertiary/aromatic N) is 1. The van der Waals surface area contributed by atoms with Crippen LogP contribution in [0.4, 0.5) is 0 Å². The van der Waals surface area contributed by atoms with Crippen LogP contribution in [-0.4, -0.2) is 22.7 Å². The van der Waals surface area contributed by atoms with E-state index < -0.39 is 0 Å². The number of rotatable bonds is 11. The highest BCUT2D eigenvalue weighted by molar-refractivity contribution is 5.88. The molecule has 0 bridgehead atoms. The van der Waals surface area contributed by atoms with Crippen molar-refractivity contribution in [1.82, 2.24) is 5.16 Å². The molecular weight excluding hydrogens is 458 g/mol. The molecular formula is C33H55NO3. The van der Waals surface area contributed by atoms with Crippen LogP contribution in [-0.2, 0) is 11.2 Å². The van der Waals surface area contributed by atoms with Crippen molar-refractivity contribution in [3.63, 3.8) is 0 Å². The van der Waals surface area contributed by atoms with E-state index >= 15 is 0 Å². The zero-order valence-corrected chi connectivity index (χ0v) is 25.6. The third kappa shape index (κ3) is 5.80. The number of aromatic nitrogens is 1. The Kier molecular flexibility index (Phi) is 8.65. The molecule has 1 aromatic heterocycles. The van der Waals surface area contributed by atoms with Crippen LogP contribution >= 0.6 is 0 Å². The summed E-state index contributed by atoms with van der Waals surface area (Å²) in [6, 6.07) is 0. The summed E-state index contributed by atoms with van der Waals surface area (Å²) in [7, 11) is 0. The second-order valence-corrected chi connectivity index (χ2v) is 15.0. The van der Waals surface area contributed by atoms with Gasteiger partial charge in [0.2, 0.25) is 0 Å². The Bertz CT molecular complexity index is 987. The Morgan fingerprint density at radius 2 is 1.78 bits per heavy atom. The number of allylic oxidation sites excluding steroid dienone is 2. The minimum Gasteiger partial charge on any atom is -0.396 e. The SMILES string of the molecule is CCCC(C)(C)CC[C@](C)(CO)CCC(C)(C)[C@]1(C)CC[C@H]2[C@H](C)c3oncc3C[C@]2(C)/C1=C/C(C)=O. The third-order valence-corrected chi connectivity index (χ3v) is 11.1. The summed E-state index contributed by atoms with van der Waals surface area (Å²) in [5.41, 5.74) is 2.54. The molecule has 1 N–H and O–H groups in total. The van der Waals surface area contributed by atoms with Gasteiger partial charge in [-0.3, -0.25) is 4.79 Å². The van der Waals surface area contributed by atoms with Crippen LogP contribution in [0.15, 0.2) is 22.4 Å². The summed E-state index contributed by atoms with van der Waals surface area (Å²) < 4.78 is 5.69. The number of carbonyl (C=O) groups is 1. The third-order valence-electron chi connectivity index (χ3n) is 11.1. The van der Waals surface area contributed by atoms with Crippen molar-refractivity contribution in [2.75, 3.05) is 6.61 Å². The van der Waals surface area contributed by atoms with Crippen molar-refractivity contribution in [2.24, 2.45) is 33.0 Å². The van der Waals surface area contributed by atoms with Crippen molar-refractivity contribution in [3.8, 4) is 0 Å². The lowest BCUT2D eigenvalue weighted by molar-refractivity contribution is -0.113. The second kappa shape index (κ2) is 10.6. The van der Waals surface area contributed by atoms with Crippen LogP contribution in [0, 0.1) is 33.0 Å². The summed E-state index contributed by atoms with van der Waals surface area (Å²) in [5, 5.41) is 14.6. The minimum absolute atomic E-state index is 0.0181. The van der Waals surface area contributed by atoms with Gasteiger partial charge in [0.25, 0.3) is 0 Å². The van der Waals surface area contributed by atoms with E-state index in [2.05, 4.69) is 67.5 Å². The van der Waals surface area contributed by atoms with E-state index in [0.717, 1.165) is 50.7 Å². The molecule has 0 radical (unpaired) electrons. The predicted molar refractivity (Wildman–Crippen MR) is 152 cm³/mol. The van der Waals surface area contributed by atoms with E-state index in [9.17, 15) is 9.90 Å².